The summed E-state index contributed by atoms with van der Waals surface area (Å²) >= 11 is 0. The lowest BCUT2D eigenvalue weighted by molar-refractivity contribution is -0.139. The third-order valence-electron chi connectivity index (χ3n) is 2.95. The summed E-state index contributed by atoms with van der Waals surface area (Å²) in [5.41, 5.74) is 2.64. The van der Waals surface area contributed by atoms with E-state index in [9.17, 15) is 0 Å². The number of benzene rings is 1. The van der Waals surface area contributed by atoms with E-state index >= 15 is 0 Å². The van der Waals surface area contributed by atoms with E-state index in [4.69, 9.17) is 9.47 Å². The van der Waals surface area contributed by atoms with Gasteiger partial charge in [0, 0.05) is 19.8 Å². The van der Waals surface area contributed by atoms with Crippen LogP contribution < -0.4 is 5.32 Å². The summed E-state index contributed by atoms with van der Waals surface area (Å²) in [7, 11) is 0. The molecule has 3 nitrogen and oxygen atoms in total. The van der Waals surface area contributed by atoms with Gasteiger partial charge in [-0.15, -0.1) is 0 Å². The predicted octanol–water partition coefficient (Wildman–Crippen LogP) is 3.26. The van der Waals surface area contributed by atoms with Crippen LogP contribution in [-0.4, -0.2) is 26.0 Å². The van der Waals surface area contributed by atoms with Crippen molar-refractivity contribution in [2.24, 2.45) is 0 Å². The molecule has 0 unspecified atom stereocenters. The Labute approximate surface area is 117 Å². The molecule has 1 N–H and O–H groups in total. The highest BCUT2D eigenvalue weighted by Gasteiger charge is 2.06. The number of aryl methyl sites for hydroxylation is 1. The molecule has 0 bridgehead atoms. The third kappa shape index (κ3) is 7.31. The molecule has 1 rings (SSSR count). The number of hydrogen-bond donors (Lipinski definition) is 1. The minimum Gasteiger partial charge on any atom is -0.353 e. The Hall–Kier alpha value is -0.900. The Kier molecular flexibility index (Phi) is 8.47. The van der Waals surface area contributed by atoms with Crippen molar-refractivity contribution >= 4 is 0 Å². The van der Waals surface area contributed by atoms with Crippen LogP contribution in [0.1, 0.15) is 37.8 Å². The second-order valence-corrected chi connectivity index (χ2v) is 4.64. The van der Waals surface area contributed by atoms with Gasteiger partial charge in [0.2, 0.25) is 0 Å². The Balaban J connectivity index is 2.11. The van der Waals surface area contributed by atoms with Gasteiger partial charge in [0.15, 0.2) is 6.29 Å². The molecule has 108 valence electrons. The van der Waals surface area contributed by atoms with Gasteiger partial charge in [-0.05, 0) is 45.7 Å². The van der Waals surface area contributed by atoms with Gasteiger partial charge in [-0.1, -0.05) is 29.8 Å². The molecule has 0 aliphatic heterocycles. The minimum absolute atomic E-state index is 0.0452. The van der Waals surface area contributed by atoms with E-state index in [1.165, 1.54) is 11.1 Å². The molecule has 0 aliphatic rings. The second kappa shape index (κ2) is 9.96. The van der Waals surface area contributed by atoms with Crippen LogP contribution in [0.4, 0.5) is 0 Å². The van der Waals surface area contributed by atoms with E-state index in [2.05, 4.69) is 36.5 Å². The van der Waals surface area contributed by atoms with Crippen molar-refractivity contribution in [1.82, 2.24) is 5.32 Å². The average Bonchev–Trinajstić information content (AvgIpc) is 2.41. The summed E-state index contributed by atoms with van der Waals surface area (Å²) in [5, 5.41) is 3.45. The fourth-order valence-electron chi connectivity index (χ4n) is 1.92. The molecule has 0 spiro atoms. The molecule has 0 fully saturated rings. The van der Waals surface area contributed by atoms with Crippen molar-refractivity contribution in [3.63, 3.8) is 0 Å². The second-order valence-electron chi connectivity index (χ2n) is 4.64. The first-order valence-electron chi connectivity index (χ1n) is 7.25. The van der Waals surface area contributed by atoms with E-state index in [0.29, 0.717) is 13.2 Å². The van der Waals surface area contributed by atoms with Gasteiger partial charge >= 0.3 is 0 Å². The van der Waals surface area contributed by atoms with Crippen molar-refractivity contribution in [2.75, 3.05) is 19.8 Å². The van der Waals surface area contributed by atoms with Crippen LogP contribution in [0.5, 0.6) is 0 Å². The fourth-order valence-corrected chi connectivity index (χ4v) is 1.92. The fraction of sp³-hybridized carbons (Fsp3) is 0.625. The summed E-state index contributed by atoms with van der Waals surface area (Å²) in [5.74, 6) is 0. The molecule has 0 aromatic heterocycles. The SMILES string of the molecule is CCOC(CCCNCc1ccc(C)cc1)OCC. The topological polar surface area (TPSA) is 30.5 Å². The van der Waals surface area contributed by atoms with Crippen LogP contribution >= 0.6 is 0 Å². The van der Waals surface area contributed by atoms with Gasteiger partial charge in [-0.3, -0.25) is 0 Å². The Morgan fingerprint density at radius 2 is 1.68 bits per heavy atom. The predicted molar refractivity (Wildman–Crippen MR) is 79.2 cm³/mol. The number of hydrogen-bond acceptors (Lipinski definition) is 3. The van der Waals surface area contributed by atoms with E-state index in [1.807, 2.05) is 13.8 Å². The zero-order valence-corrected chi connectivity index (χ0v) is 12.4. The minimum atomic E-state index is -0.0452. The van der Waals surface area contributed by atoms with Crippen LogP contribution in [0, 0.1) is 6.92 Å². The molecule has 0 aliphatic carbocycles. The van der Waals surface area contributed by atoms with Gasteiger partial charge in [-0.25, -0.2) is 0 Å². The largest absolute Gasteiger partial charge is 0.353 e. The molecule has 0 amide bonds. The van der Waals surface area contributed by atoms with E-state index in [-0.39, 0.29) is 6.29 Å². The summed E-state index contributed by atoms with van der Waals surface area (Å²) in [6.07, 6.45) is 1.97. The maximum atomic E-state index is 5.51. The molecule has 0 atom stereocenters. The smallest absolute Gasteiger partial charge is 0.157 e. The maximum Gasteiger partial charge on any atom is 0.157 e. The van der Waals surface area contributed by atoms with Crippen molar-refractivity contribution in [3.8, 4) is 0 Å². The van der Waals surface area contributed by atoms with Crippen molar-refractivity contribution < 1.29 is 9.47 Å². The molecule has 1 aromatic carbocycles. The highest BCUT2D eigenvalue weighted by atomic mass is 16.7. The van der Waals surface area contributed by atoms with Crippen LogP contribution in [-0.2, 0) is 16.0 Å². The zero-order valence-electron chi connectivity index (χ0n) is 12.4. The van der Waals surface area contributed by atoms with Crippen molar-refractivity contribution in [2.45, 2.75) is 46.4 Å². The van der Waals surface area contributed by atoms with E-state index < -0.39 is 0 Å². The van der Waals surface area contributed by atoms with Gasteiger partial charge in [0.1, 0.15) is 0 Å². The van der Waals surface area contributed by atoms with Crippen LogP contribution in [0.15, 0.2) is 24.3 Å². The number of nitrogens with one attached hydrogen (secondary N) is 1. The first-order valence-corrected chi connectivity index (χ1v) is 7.25. The summed E-state index contributed by atoms with van der Waals surface area (Å²) in [6, 6.07) is 8.64. The summed E-state index contributed by atoms with van der Waals surface area (Å²) < 4.78 is 11.0. The molecule has 0 saturated heterocycles. The zero-order chi connectivity index (χ0) is 13.9. The van der Waals surface area contributed by atoms with Crippen LogP contribution in [0.3, 0.4) is 0 Å². The normalized spacial score (nSPS) is 11.2. The molecule has 0 heterocycles. The maximum absolute atomic E-state index is 5.51. The lowest BCUT2D eigenvalue weighted by Gasteiger charge is -2.16. The van der Waals surface area contributed by atoms with E-state index in [0.717, 1.165) is 25.9 Å². The quantitative estimate of drug-likeness (QED) is 0.520. The third-order valence-corrected chi connectivity index (χ3v) is 2.95. The Morgan fingerprint density at radius 1 is 1.05 bits per heavy atom. The average molecular weight is 265 g/mol. The summed E-state index contributed by atoms with van der Waals surface area (Å²) in [4.78, 5) is 0. The molecule has 0 radical (unpaired) electrons. The van der Waals surface area contributed by atoms with Gasteiger partial charge in [-0.2, -0.15) is 0 Å². The Morgan fingerprint density at radius 3 is 2.26 bits per heavy atom. The summed E-state index contributed by atoms with van der Waals surface area (Å²) in [6.45, 7) is 9.45. The molecule has 0 saturated carbocycles. The lowest BCUT2D eigenvalue weighted by Crippen LogP contribution is -2.21. The van der Waals surface area contributed by atoms with Crippen LogP contribution in [0.2, 0.25) is 0 Å². The molecule has 3 heteroatoms. The number of rotatable bonds is 10. The van der Waals surface area contributed by atoms with Gasteiger partial charge in [0.25, 0.3) is 0 Å². The standard InChI is InChI=1S/C16H27NO2/c1-4-18-16(19-5-2)7-6-12-17-13-15-10-8-14(3)9-11-15/h8-11,16-17H,4-7,12-13H2,1-3H3. The molecular formula is C16H27NO2. The highest BCUT2D eigenvalue weighted by Crippen LogP contribution is 2.05. The first kappa shape index (κ1) is 16.2. The van der Waals surface area contributed by atoms with Crippen molar-refractivity contribution in [3.05, 3.63) is 35.4 Å². The molecular weight excluding hydrogens is 238 g/mol. The number of ether oxygens (including phenoxy) is 2. The lowest BCUT2D eigenvalue weighted by atomic mass is 10.1. The monoisotopic (exact) mass is 265 g/mol. The molecule has 1 aromatic rings. The van der Waals surface area contributed by atoms with E-state index in [1.54, 1.807) is 0 Å². The van der Waals surface area contributed by atoms with Crippen LogP contribution in [0.25, 0.3) is 0 Å². The van der Waals surface area contributed by atoms with Gasteiger partial charge < -0.3 is 14.8 Å². The van der Waals surface area contributed by atoms with Gasteiger partial charge in [0.05, 0.1) is 0 Å². The first-order chi connectivity index (χ1) is 9.26. The molecule has 19 heavy (non-hydrogen) atoms. The van der Waals surface area contributed by atoms with Crippen molar-refractivity contribution in [1.29, 1.82) is 0 Å². The Bertz CT molecular complexity index is 318. The highest BCUT2D eigenvalue weighted by molar-refractivity contribution is 5.20.